The second-order valence-electron chi connectivity index (χ2n) is 10.6. The van der Waals surface area contributed by atoms with Crippen LogP contribution in [-0.2, 0) is 24.1 Å². The van der Waals surface area contributed by atoms with Gasteiger partial charge in [0.15, 0.2) is 5.16 Å². The first-order chi connectivity index (χ1) is 19.1. The lowest BCUT2D eigenvalue weighted by atomic mass is 9.68. The van der Waals surface area contributed by atoms with Crippen molar-refractivity contribution in [3.8, 4) is 11.3 Å². The molecule has 1 fully saturated rings. The third-order valence-electron chi connectivity index (χ3n) is 8.21. The Labute approximate surface area is 230 Å². The Balaban J connectivity index is 1.29. The number of benzene rings is 3. The number of H-pyrrole nitrogens is 1. The third-order valence-corrected chi connectivity index (χ3v) is 9.20. The Morgan fingerprint density at radius 3 is 2.46 bits per heavy atom. The lowest BCUT2D eigenvalue weighted by Crippen LogP contribution is -2.37. The van der Waals surface area contributed by atoms with Gasteiger partial charge in [-0.2, -0.15) is 0 Å². The van der Waals surface area contributed by atoms with E-state index >= 15 is 0 Å². The molecule has 2 aliphatic carbocycles. The summed E-state index contributed by atoms with van der Waals surface area (Å²) < 4.78 is 1.72. The molecule has 7 heteroatoms. The highest BCUT2D eigenvalue weighted by Gasteiger charge is 2.43. The molecule has 0 atom stereocenters. The topological polar surface area (TPSA) is 80.6 Å². The number of rotatable bonds is 5. The fourth-order valence-corrected chi connectivity index (χ4v) is 7.28. The van der Waals surface area contributed by atoms with Crippen molar-refractivity contribution in [2.45, 2.75) is 55.0 Å². The Bertz CT molecular complexity index is 1820. The maximum absolute atomic E-state index is 13.6. The monoisotopic (exact) mass is 532 g/mol. The van der Waals surface area contributed by atoms with Gasteiger partial charge in [0.05, 0.1) is 34.5 Å². The predicted octanol–water partition coefficient (Wildman–Crippen LogP) is 5.86. The molecule has 2 aromatic heterocycles. The van der Waals surface area contributed by atoms with E-state index in [4.69, 9.17) is 9.97 Å². The smallest absolute Gasteiger partial charge is 0.262 e. The number of thioether (sulfide) groups is 1. The zero-order valence-electron chi connectivity index (χ0n) is 21.5. The maximum Gasteiger partial charge on any atom is 0.262 e. The zero-order chi connectivity index (χ0) is 26.4. The molecule has 39 heavy (non-hydrogen) atoms. The first kappa shape index (κ1) is 24.1. The van der Waals surface area contributed by atoms with Gasteiger partial charge in [-0.25, -0.2) is 9.97 Å². The van der Waals surface area contributed by atoms with Crippen molar-refractivity contribution in [1.82, 2.24) is 19.5 Å². The molecular weight excluding hydrogens is 504 g/mol. The number of aromatic amines is 1. The molecule has 0 unspecified atom stereocenters. The van der Waals surface area contributed by atoms with Crippen LogP contribution in [0.1, 0.15) is 48.2 Å². The average Bonchev–Trinajstić information content (AvgIpc) is 3.42. The second kappa shape index (κ2) is 9.65. The van der Waals surface area contributed by atoms with Crippen LogP contribution < -0.4 is 11.1 Å². The molecule has 5 aromatic rings. The molecule has 3 aromatic carbocycles. The van der Waals surface area contributed by atoms with Crippen LogP contribution in [0.2, 0.25) is 0 Å². The summed E-state index contributed by atoms with van der Waals surface area (Å²) in [5.74, 6) is 0.999. The van der Waals surface area contributed by atoms with Crippen molar-refractivity contribution >= 4 is 22.7 Å². The minimum Gasteiger partial charge on any atom is -0.310 e. The summed E-state index contributed by atoms with van der Waals surface area (Å²) in [5.41, 5.74) is 5.49. The van der Waals surface area contributed by atoms with Crippen LogP contribution in [-0.4, -0.2) is 19.5 Å². The van der Waals surface area contributed by atoms with Gasteiger partial charge in [-0.15, -0.1) is 0 Å². The summed E-state index contributed by atoms with van der Waals surface area (Å²) in [6, 6.07) is 25.7. The van der Waals surface area contributed by atoms with E-state index in [2.05, 4.69) is 23.2 Å². The fourth-order valence-electron chi connectivity index (χ4n) is 6.41. The summed E-state index contributed by atoms with van der Waals surface area (Å²) in [7, 11) is 0. The van der Waals surface area contributed by atoms with E-state index in [1.54, 1.807) is 4.57 Å². The van der Waals surface area contributed by atoms with Crippen molar-refractivity contribution in [3.05, 3.63) is 122 Å². The van der Waals surface area contributed by atoms with Crippen LogP contribution in [0.5, 0.6) is 0 Å². The number of hydrogen-bond donors (Lipinski definition) is 1. The largest absolute Gasteiger partial charge is 0.310 e. The standard InChI is InChI=1S/C32H28N4O2S/c37-29-27-28(23-13-5-4-12-22(23)18-32(27)16-8-9-17-32)34-26(35-29)20-39-31-33-25-15-7-6-14-24(25)30(38)36(31)19-21-10-2-1-3-11-21/h1-7,10-15H,8-9,16-20H2,(H,34,35,37). The number of nitrogens with zero attached hydrogens (tertiary/aromatic N) is 3. The molecule has 0 bridgehead atoms. The highest BCUT2D eigenvalue weighted by molar-refractivity contribution is 7.98. The fraction of sp³-hybridized carbons (Fsp3) is 0.250. The molecule has 6 nitrogen and oxygen atoms in total. The summed E-state index contributed by atoms with van der Waals surface area (Å²) in [6.07, 6.45) is 5.25. The van der Waals surface area contributed by atoms with E-state index in [-0.39, 0.29) is 16.5 Å². The molecule has 2 aliphatic rings. The number of para-hydroxylation sites is 1. The lowest BCUT2D eigenvalue weighted by molar-refractivity contribution is 0.426. The van der Waals surface area contributed by atoms with Crippen molar-refractivity contribution in [3.63, 3.8) is 0 Å². The quantitative estimate of drug-likeness (QED) is 0.227. The van der Waals surface area contributed by atoms with Crippen LogP contribution in [0.3, 0.4) is 0 Å². The number of hydrogen-bond acceptors (Lipinski definition) is 5. The van der Waals surface area contributed by atoms with Crippen molar-refractivity contribution in [2.75, 3.05) is 0 Å². The van der Waals surface area contributed by atoms with Crippen LogP contribution in [0.4, 0.5) is 0 Å². The van der Waals surface area contributed by atoms with E-state index in [0.717, 1.165) is 54.5 Å². The number of fused-ring (bicyclic) bond motifs is 5. The molecule has 7 rings (SSSR count). The molecule has 0 radical (unpaired) electrons. The highest BCUT2D eigenvalue weighted by atomic mass is 32.2. The molecule has 2 heterocycles. The van der Waals surface area contributed by atoms with E-state index in [9.17, 15) is 9.59 Å². The van der Waals surface area contributed by atoms with E-state index in [0.29, 0.717) is 34.2 Å². The maximum atomic E-state index is 13.6. The normalized spacial score (nSPS) is 15.4. The zero-order valence-corrected chi connectivity index (χ0v) is 22.3. The van der Waals surface area contributed by atoms with Gasteiger partial charge in [0.25, 0.3) is 11.1 Å². The Morgan fingerprint density at radius 1 is 0.872 bits per heavy atom. The van der Waals surface area contributed by atoms with Crippen LogP contribution in [0, 0.1) is 0 Å². The van der Waals surface area contributed by atoms with Crippen LogP contribution in [0.25, 0.3) is 22.2 Å². The average molecular weight is 533 g/mol. The van der Waals surface area contributed by atoms with Gasteiger partial charge >= 0.3 is 0 Å². The molecule has 1 spiro atoms. The first-order valence-corrected chi connectivity index (χ1v) is 14.5. The number of nitrogens with one attached hydrogen (secondary N) is 1. The summed E-state index contributed by atoms with van der Waals surface area (Å²) in [5, 5.41) is 1.20. The van der Waals surface area contributed by atoms with Gasteiger partial charge in [0, 0.05) is 11.0 Å². The molecular formula is C32H28N4O2S. The number of aromatic nitrogens is 4. The molecule has 0 saturated heterocycles. The molecule has 0 aliphatic heterocycles. The van der Waals surface area contributed by atoms with E-state index in [1.807, 2.05) is 60.7 Å². The summed E-state index contributed by atoms with van der Waals surface area (Å²) in [6.45, 7) is 0.421. The molecule has 194 valence electrons. The molecule has 1 saturated carbocycles. The van der Waals surface area contributed by atoms with Crippen molar-refractivity contribution in [1.29, 1.82) is 0 Å². The lowest BCUT2D eigenvalue weighted by Gasteiger charge is -2.35. The Kier molecular flexibility index (Phi) is 5.96. The summed E-state index contributed by atoms with van der Waals surface area (Å²) in [4.78, 5) is 40.2. The van der Waals surface area contributed by atoms with Gasteiger partial charge < -0.3 is 4.98 Å². The van der Waals surface area contributed by atoms with Crippen LogP contribution >= 0.6 is 11.8 Å². The van der Waals surface area contributed by atoms with E-state index < -0.39 is 0 Å². The van der Waals surface area contributed by atoms with Gasteiger partial charge in [-0.1, -0.05) is 91.3 Å². The van der Waals surface area contributed by atoms with Crippen molar-refractivity contribution < 1.29 is 0 Å². The van der Waals surface area contributed by atoms with Gasteiger partial charge in [-0.3, -0.25) is 14.2 Å². The van der Waals surface area contributed by atoms with Crippen LogP contribution in [0.15, 0.2) is 93.6 Å². The van der Waals surface area contributed by atoms with Crippen molar-refractivity contribution in [2.24, 2.45) is 0 Å². The van der Waals surface area contributed by atoms with Gasteiger partial charge in [0.2, 0.25) is 0 Å². The second-order valence-corrected chi connectivity index (χ2v) is 11.6. The molecule has 1 N–H and O–H groups in total. The minimum atomic E-state index is -0.119. The highest BCUT2D eigenvalue weighted by Crippen LogP contribution is 2.49. The first-order valence-electron chi connectivity index (χ1n) is 13.5. The van der Waals surface area contributed by atoms with Gasteiger partial charge in [-0.05, 0) is 42.5 Å². The minimum absolute atomic E-state index is 0.0276. The summed E-state index contributed by atoms with van der Waals surface area (Å²) >= 11 is 1.43. The van der Waals surface area contributed by atoms with Gasteiger partial charge in [0.1, 0.15) is 5.82 Å². The van der Waals surface area contributed by atoms with E-state index in [1.165, 1.54) is 17.3 Å². The Morgan fingerprint density at radius 2 is 1.62 bits per heavy atom. The predicted molar refractivity (Wildman–Crippen MR) is 155 cm³/mol. The Hall–Kier alpha value is -3.97. The SMILES string of the molecule is O=c1[nH]c(CSc2nc3ccccc3c(=O)n2Cc2ccccc2)nc2c1C1(CCCC1)Cc1ccccc1-2. The molecule has 0 amide bonds. The third kappa shape index (κ3) is 4.21.